The standard InChI is InChI=1S/C62H109N11O12/c1-24-27-28-39(15)50(75)49-54(79)65-42(26-3)56(81)67(18)32-46(74)71(22)48(38(14)25-2)53(78)66-47(36(10)11)59(84)68(19)43(29-33(4)5)52(77)63-40(16)51(76)64-41(17)55(80)69(20)44(30-34(6)7)57(82)70(21)45(31-35(8)9)58(83)72(23)62(37(12)13)60-73(49)61(62)85-60/h24,27,33-45,47-50,60-61,75H,25-26,28-32H2,1-23H3,(H,63,77)(H,64,76)(H,65,79)(H,66,78)/b27-24+/t38-,39+,40-,41+,42-,43-,44-,45-,47-,48-,49-,50+,60?,61?,62?/m0/s1. The van der Waals surface area contributed by atoms with Crippen LogP contribution in [0.1, 0.15) is 156 Å². The molecule has 0 aromatic carbocycles. The third kappa shape index (κ3) is 16.5. The summed E-state index contributed by atoms with van der Waals surface area (Å²) >= 11 is 0. The molecule has 4 saturated heterocycles. The van der Waals surface area contributed by atoms with E-state index in [0.29, 0.717) is 12.8 Å². The highest BCUT2D eigenvalue weighted by Gasteiger charge is 2.79. The number of carbonyl (C=O) groups is 10. The lowest BCUT2D eigenvalue weighted by Crippen LogP contribution is -2.97. The Bertz CT molecular complexity index is 2390. The third-order valence-electron chi connectivity index (χ3n) is 17.8. The molecule has 4 rings (SSSR count). The van der Waals surface area contributed by atoms with Gasteiger partial charge in [0.1, 0.15) is 72.4 Å². The van der Waals surface area contributed by atoms with Gasteiger partial charge in [0.2, 0.25) is 59.1 Å². The van der Waals surface area contributed by atoms with Crippen LogP contribution in [-0.2, 0) is 52.7 Å². The molecule has 4 heterocycles. The molecule has 4 aliphatic heterocycles. The Morgan fingerprint density at radius 1 is 0.576 bits per heavy atom. The van der Waals surface area contributed by atoms with Gasteiger partial charge < -0.3 is 60.5 Å². The van der Waals surface area contributed by atoms with E-state index in [4.69, 9.17) is 4.74 Å². The molecule has 2 unspecified atom stereocenters. The Morgan fingerprint density at radius 3 is 1.53 bits per heavy atom. The van der Waals surface area contributed by atoms with Crippen LogP contribution < -0.4 is 21.3 Å². The molecule has 0 radical (unpaired) electrons. The lowest BCUT2D eigenvalue weighted by atomic mass is 9.67. The number of nitrogens with zero attached hydrogens (tertiary/aromatic N) is 7. The van der Waals surface area contributed by atoms with E-state index in [0.717, 1.165) is 0 Å². The van der Waals surface area contributed by atoms with Gasteiger partial charge in [0.15, 0.2) is 0 Å². The van der Waals surface area contributed by atoms with Crippen molar-refractivity contribution >= 4 is 59.1 Å². The van der Waals surface area contributed by atoms with E-state index in [1.54, 1.807) is 51.6 Å². The average Bonchev–Trinajstić information content (AvgIpc) is 0.673. The Balaban J connectivity index is 2.27. The molecule has 4 aliphatic rings. The molecular formula is C62H109N11O12. The fraction of sp³-hybridized carbons (Fsp3) is 0.806. The first-order chi connectivity index (χ1) is 39.4. The summed E-state index contributed by atoms with van der Waals surface area (Å²) in [6.45, 7) is 30.2. The van der Waals surface area contributed by atoms with E-state index in [-0.39, 0.29) is 49.4 Å². The maximum absolute atomic E-state index is 15.3. The molecule has 23 heteroatoms. The van der Waals surface area contributed by atoms with E-state index >= 15 is 9.59 Å². The average molecular weight is 1200 g/mol. The molecule has 4 bridgehead atoms. The molecule has 10 amide bonds. The van der Waals surface area contributed by atoms with Gasteiger partial charge in [-0.2, -0.15) is 0 Å². The van der Waals surface area contributed by atoms with E-state index in [9.17, 15) is 43.5 Å². The fourth-order valence-electron chi connectivity index (χ4n) is 12.1. The van der Waals surface area contributed by atoms with Gasteiger partial charge in [-0.25, -0.2) is 4.90 Å². The number of aliphatic hydroxyl groups is 1. The highest BCUT2D eigenvalue weighted by atomic mass is 16.6. The summed E-state index contributed by atoms with van der Waals surface area (Å²) in [4.78, 5) is 155. The zero-order valence-electron chi connectivity index (χ0n) is 55.6. The molecule has 484 valence electrons. The molecule has 0 saturated carbocycles. The molecule has 0 aliphatic carbocycles. The molecular weight excluding hydrogens is 1090 g/mol. The van der Waals surface area contributed by atoms with Crippen LogP contribution in [0.3, 0.4) is 0 Å². The van der Waals surface area contributed by atoms with E-state index in [1.165, 1.54) is 66.5 Å². The Kier molecular flexibility index (Phi) is 27.1. The highest BCUT2D eigenvalue weighted by molar-refractivity contribution is 5.98. The van der Waals surface area contributed by atoms with Crippen molar-refractivity contribution in [2.75, 3.05) is 48.8 Å². The molecule has 14 atom stereocenters. The van der Waals surface area contributed by atoms with Crippen molar-refractivity contribution in [2.24, 2.45) is 41.4 Å². The third-order valence-corrected chi connectivity index (χ3v) is 17.8. The maximum atomic E-state index is 15.3. The van der Waals surface area contributed by atoms with Crippen molar-refractivity contribution in [1.29, 1.82) is 0 Å². The van der Waals surface area contributed by atoms with Crippen molar-refractivity contribution in [3.8, 4) is 0 Å². The summed E-state index contributed by atoms with van der Waals surface area (Å²) in [5.41, 5.74) is -1.06. The second-order valence-electron chi connectivity index (χ2n) is 26.4. The van der Waals surface area contributed by atoms with Crippen LogP contribution in [0.4, 0.5) is 0 Å². The van der Waals surface area contributed by atoms with Gasteiger partial charge in [-0.05, 0) is 94.3 Å². The van der Waals surface area contributed by atoms with E-state index in [1.807, 2.05) is 88.3 Å². The Labute approximate surface area is 507 Å². The number of hydrogen-bond acceptors (Lipinski definition) is 13. The van der Waals surface area contributed by atoms with Crippen LogP contribution in [0.15, 0.2) is 12.2 Å². The van der Waals surface area contributed by atoms with Crippen molar-refractivity contribution < 1.29 is 57.8 Å². The van der Waals surface area contributed by atoms with Crippen molar-refractivity contribution in [3.63, 3.8) is 0 Å². The zero-order chi connectivity index (χ0) is 65.2. The smallest absolute Gasteiger partial charge is 0.245 e. The predicted molar refractivity (Wildman–Crippen MR) is 325 cm³/mol. The molecule has 4 fully saturated rings. The maximum Gasteiger partial charge on any atom is 0.245 e. The van der Waals surface area contributed by atoms with Crippen LogP contribution in [0.25, 0.3) is 0 Å². The number of allylic oxidation sites excluding steroid dienone is 2. The number of aliphatic hydroxyl groups excluding tert-OH is 1. The van der Waals surface area contributed by atoms with Crippen molar-refractivity contribution in [3.05, 3.63) is 12.2 Å². The van der Waals surface area contributed by atoms with Crippen LogP contribution in [0.2, 0.25) is 0 Å². The highest BCUT2D eigenvalue weighted by Crippen LogP contribution is 2.58. The van der Waals surface area contributed by atoms with Crippen molar-refractivity contribution in [1.82, 2.24) is 55.6 Å². The predicted octanol–water partition coefficient (Wildman–Crippen LogP) is 3.18. The number of hydrogen-bond donors (Lipinski definition) is 5. The SMILES string of the molecule is C/C=C/C[C@@H](C)[C@@H](O)[C@H]1C(=O)N[C@@H](CC)C(=O)N(C)CC(=O)N(C)[C@@H]([C@@H](C)CC)C(=O)N[C@@H](C(C)C)C(=O)N(C)[C@@H](CC(C)C)C(=O)N[C@@H](C)C(=O)N[C@H](C)C(=O)N(C)[C@@H](CC(C)C)C(=O)N(C)[C@@H](CC(C)C)C(=O)N(C)C2(C(C)C)C3OC2N31. The van der Waals surface area contributed by atoms with Crippen LogP contribution >= 0.6 is 0 Å². The Hall–Kier alpha value is -5.68. The minimum atomic E-state index is -1.30. The summed E-state index contributed by atoms with van der Waals surface area (Å²) in [5.74, 6) is -8.00. The fourth-order valence-corrected chi connectivity index (χ4v) is 12.1. The van der Waals surface area contributed by atoms with Gasteiger partial charge in [0.25, 0.3) is 0 Å². The minimum absolute atomic E-state index is 0.0891. The number of ether oxygens (including phenoxy) is 1. The first-order valence-corrected chi connectivity index (χ1v) is 30.9. The van der Waals surface area contributed by atoms with Crippen LogP contribution in [-0.4, -0.2) is 226 Å². The van der Waals surface area contributed by atoms with E-state index < -0.39 is 162 Å². The summed E-state index contributed by atoms with van der Waals surface area (Å²) in [6, 6.07) is -10.4. The van der Waals surface area contributed by atoms with Gasteiger partial charge in [0, 0.05) is 42.3 Å². The van der Waals surface area contributed by atoms with Gasteiger partial charge in [-0.1, -0.05) is 116 Å². The van der Waals surface area contributed by atoms with E-state index in [2.05, 4.69) is 21.3 Å². The molecule has 0 aromatic heterocycles. The summed E-state index contributed by atoms with van der Waals surface area (Å²) in [5, 5.41) is 23.4. The number of nitrogens with one attached hydrogen (secondary N) is 4. The Morgan fingerprint density at radius 2 is 1.06 bits per heavy atom. The zero-order valence-corrected chi connectivity index (χ0v) is 55.6. The lowest BCUT2D eigenvalue weighted by Gasteiger charge is -2.77. The number of carbonyl (C=O) groups excluding carboxylic acids is 10. The van der Waals surface area contributed by atoms with Gasteiger partial charge in [-0.15, -0.1) is 0 Å². The monoisotopic (exact) mass is 1200 g/mol. The number of amides is 10. The first-order valence-electron chi connectivity index (χ1n) is 30.9. The minimum Gasteiger partial charge on any atom is -0.391 e. The molecule has 5 N–H and O–H groups in total. The number of rotatable bonds is 15. The first kappa shape index (κ1) is 73.6. The van der Waals surface area contributed by atoms with Crippen LogP contribution in [0.5, 0.6) is 0 Å². The summed E-state index contributed by atoms with van der Waals surface area (Å²) in [7, 11) is 8.99. The second-order valence-corrected chi connectivity index (χ2v) is 26.4. The quantitative estimate of drug-likeness (QED) is 0.148. The number of likely N-dealkylation sites (N-methyl/N-ethyl adjacent to an activating group) is 6. The van der Waals surface area contributed by atoms with Crippen molar-refractivity contribution in [2.45, 2.75) is 235 Å². The van der Waals surface area contributed by atoms with Gasteiger partial charge in [-0.3, -0.25) is 47.9 Å². The molecule has 23 nitrogen and oxygen atoms in total. The molecule has 85 heavy (non-hydrogen) atoms. The normalized spacial score (nSPS) is 31.4. The molecule has 0 aromatic rings. The summed E-state index contributed by atoms with van der Waals surface area (Å²) < 4.78 is 6.32. The second kappa shape index (κ2) is 31.3. The lowest BCUT2D eigenvalue weighted by molar-refractivity contribution is -0.486. The largest absolute Gasteiger partial charge is 0.391 e. The summed E-state index contributed by atoms with van der Waals surface area (Å²) in [6.07, 6.45) is 2.19. The van der Waals surface area contributed by atoms with Gasteiger partial charge >= 0.3 is 0 Å². The van der Waals surface area contributed by atoms with Gasteiger partial charge in [0.05, 0.1) is 12.6 Å². The van der Waals surface area contributed by atoms with Crippen LogP contribution in [0, 0.1) is 41.4 Å². The topological polar surface area (TPSA) is 271 Å². The molecule has 0 spiro atoms.